The fourth-order valence-electron chi connectivity index (χ4n) is 1.76. The Balaban J connectivity index is 1.95. The molecule has 10 heteroatoms. The van der Waals surface area contributed by atoms with Gasteiger partial charge < -0.3 is 10.1 Å². The Morgan fingerprint density at radius 2 is 2.10 bits per heavy atom. The molecule has 0 atom stereocenters. The number of ether oxygens (including phenoxy) is 1. The number of amides is 1. The molecule has 0 aromatic carbocycles. The number of hydrogen-bond acceptors (Lipinski definition) is 7. The minimum Gasteiger partial charge on any atom is -0.381 e. The molecule has 2 rings (SSSR count). The highest BCUT2D eigenvalue weighted by Gasteiger charge is 2.23. The molecule has 1 aromatic rings. The molecular weight excluding hydrogens is 304 g/mol. The number of hydrogen-bond donors (Lipinski definition) is 2. The maximum Gasteiger partial charge on any atom is 0.269 e. The standard InChI is InChI=1S/C10H16N4O4S2/c1-7(15)12-9-13-14-10(19-9)20(16,17)11-6-8-2-4-18-5-3-8/h8,11H,2-6H2,1H3,(H,12,13,15). The lowest BCUT2D eigenvalue weighted by atomic mass is 10.0. The molecule has 1 aromatic heterocycles. The molecule has 112 valence electrons. The monoisotopic (exact) mass is 320 g/mol. The second kappa shape index (κ2) is 6.57. The number of sulfonamides is 1. The fraction of sp³-hybridized carbons (Fsp3) is 0.700. The van der Waals surface area contributed by atoms with Gasteiger partial charge in [-0.3, -0.25) is 4.79 Å². The number of nitrogens with one attached hydrogen (secondary N) is 2. The summed E-state index contributed by atoms with van der Waals surface area (Å²) in [5.74, 6) is -0.0403. The lowest BCUT2D eigenvalue weighted by Crippen LogP contribution is -2.32. The van der Waals surface area contributed by atoms with Crippen molar-refractivity contribution in [1.82, 2.24) is 14.9 Å². The summed E-state index contributed by atoms with van der Waals surface area (Å²) >= 11 is 0.825. The molecule has 0 spiro atoms. The van der Waals surface area contributed by atoms with Gasteiger partial charge in [0, 0.05) is 26.7 Å². The Labute approximate surface area is 121 Å². The lowest BCUT2D eigenvalue weighted by Gasteiger charge is -2.21. The first-order valence-electron chi connectivity index (χ1n) is 6.16. The van der Waals surface area contributed by atoms with Crippen LogP contribution in [-0.4, -0.2) is 44.3 Å². The van der Waals surface area contributed by atoms with E-state index in [1.807, 2.05) is 0 Å². The van der Waals surface area contributed by atoms with Crippen LogP contribution in [0.25, 0.3) is 0 Å². The van der Waals surface area contributed by atoms with Crippen molar-refractivity contribution in [2.45, 2.75) is 24.1 Å². The molecule has 2 N–H and O–H groups in total. The zero-order chi connectivity index (χ0) is 14.6. The second-order valence-corrected chi connectivity index (χ2v) is 7.38. The quantitative estimate of drug-likeness (QED) is 0.750. The number of rotatable bonds is 5. The van der Waals surface area contributed by atoms with Crippen molar-refractivity contribution < 1.29 is 17.9 Å². The molecule has 1 saturated heterocycles. The van der Waals surface area contributed by atoms with E-state index in [1.54, 1.807) is 0 Å². The van der Waals surface area contributed by atoms with Gasteiger partial charge in [-0.05, 0) is 18.8 Å². The smallest absolute Gasteiger partial charge is 0.269 e. The molecule has 8 nitrogen and oxygen atoms in total. The van der Waals surface area contributed by atoms with Gasteiger partial charge >= 0.3 is 0 Å². The van der Waals surface area contributed by atoms with E-state index in [9.17, 15) is 13.2 Å². The molecule has 2 heterocycles. The van der Waals surface area contributed by atoms with E-state index in [0.717, 1.165) is 24.2 Å². The van der Waals surface area contributed by atoms with Gasteiger partial charge in [-0.2, -0.15) is 0 Å². The summed E-state index contributed by atoms with van der Waals surface area (Å²) in [6.07, 6.45) is 1.69. The number of aromatic nitrogens is 2. The first-order valence-corrected chi connectivity index (χ1v) is 8.46. The zero-order valence-corrected chi connectivity index (χ0v) is 12.6. The topological polar surface area (TPSA) is 110 Å². The van der Waals surface area contributed by atoms with Crippen LogP contribution >= 0.6 is 11.3 Å². The summed E-state index contributed by atoms with van der Waals surface area (Å²) in [7, 11) is -3.67. The average Bonchev–Trinajstić information content (AvgIpc) is 2.86. The molecule has 0 bridgehead atoms. The number of carbonyl (C=O) groups excluding carboxylic acids is 1. The summed E-state index contributed by atoms with van der Waals surface area (Å²) in [5.41, 5.74) is 0. The molecular formula is C10H16N4O4S2. The van der Waals surface area contributed by atoms with E-state index in [0.29, 0.717) is 19.8 Å². The van der Waals surface area contributed by atoms with Crippen LogP contribution in [0.5, 0.6) is 0 Å². The molecule has 0 radical (unpaired) electrons. The van der Waals surface area contributed by atoms with Gasteiger partial charge in [0.2, 0.25) is 15.4 Å². The van der Waals surface area contributed by atoms with Crippen LogP contribution in [0.2, 0.25) is 0 Å². The van der Waals surface area contributed by atoms with Gasteiger partial charge in [-0.25, -0.2) is 13.1 Å². The summed E-state index contributed by atoms with van der Waals surface area (Å²) in [6.45, 7) is 3.01. The van der Waals surface area contributed by atoms with Crippen LogP contribution in [0.4, 0.5) is 5.13 Å². The minimum absolute atomic E-state index is 0.145. The largest absolute Gasteiger partial charge is 0.381 e. The summed E-state index contributed by atoms with van der Waals surface area (Å²) in [5, 5.41) is 9.77. The van der Waals surface area contributed by atoms with E-state index in [4.69, 9.17) is 4.74 Å². The molecule has 0 unspecified atom stereocenters. The number of anilines is 1. The third-order valence-electron chi connectivity index (χ3n) is 2.82. The summed E-state index contributed by atoms with van der Waals surface area (Å²) in [4.78, 5) is 10.9. The van der Waals surface area contributed by atoms with Gasteiger partial charge in [0.25, 0.3) is 10.0 Å². The third kappa shape index (κ3) is 4.20. The Kier molecular flexibility index (Phi) is 5.02. The van der Waals surface area contributed by atoms with Crippen molar-refractivity contribution in [2.75, 3.05) is 25.1 Å². The average molecular weight is 320 g/mol. The van der Waals surface area contributed by atoms with E-state index < -0.39 is 10.0 Å². The number of nitrogens with zero attached hydrogens (tertiary/aromatic N) is 2. The van der Waals surface area contributed by atoms with Crippen LogP contribution in [0.3, 0.4) is 0 Å². The Morgan fingerprint density at radius 1 is 1.40 bits per heavy atom. The number of carbonyl (C=O) groups is 1. The molecule has 0 saturated carbocycles. The van der Waals surface area contributed by atoms with Crippen molar-refractivity contribution in [1.29, 1.82) is 0 Å². The molecule has 1 fully saturated rings. The highest BCUT2D eigenvalue weighted by molar-refractivity contribution is 7.91. The maximum absolute atomic E-state index is 12.0. The van der Waals surface area contributed by atoms with Gasteiger partial charge in [-0.1, -0.05) is 11.3 Å². The molecule has 1 amide bonds. The predicted molar refractivity (Wildman–Crippen MR) is 72.9 cm³/mol. The van der Waals surface area contributed by atoms with E-state index in [-0.39, 0.29) is 21.3 Å². The van der Waals surface area contributed by atoms with Crippen molar-refractivity contribution in [3.05, 3.63) is 0 Å². The first kappa shape index (κ1) is 15.3. The third-order valence-corrected chi connectivity index (χ3v) is 5.45. The van der Waals surface area contributed by atoms with E-state index >= 15 is 0 Å². The van der Waals surface area contributed by atoms with E-state index in [2.05, 4.69) is 20.2 Å². The summed E-state index contributed by atoms with van der Waals surface area (Å²) in [6, 6.07) is 0. The van der Waals surface area contributed by atoms with Crippen molar-refractivity contribution in [3.63, 3.8) is 0 Å². The zero-order valence-electron chi connectivity index (χ0n) is 11.0. The van der Waals surface area contributed by atoms with Crippen LogP contribution < -0.4 is 10.0 Å². The molecule has 1 aliphatic rings. The van der Waals surface area contributed by atoms with Crippen LogP contribution in [-0.2, 0) is 19.6 Å². The maximum atomic E-state index is 12.0. The van der Waals surface area contributed by atoms with Crippen LogP contribution in [0, 0.1) is 5.92 Å². The van der Waals surface area contributed by atoms with Gasteiger partial charge in [-0.15, -0.1) is 10.2 Å². The van der Waals surface area contributed by atoms with E-state index in [1.165, 1.54) is 6.92 Å². The second-order valence-electron chi connectivity index (χ2n) is 4.46. The lowest BCUT2D eigenvalue weighted by molar-refractivity contribution is -0.114. The fourth-order valence-corrected chi connectivity index (χ4v) is 3.86. The van der Waals surface area contributed by atoms with Crippen molar-refractivity contribution in [3.8, 4) is 0 Å². The Morgan fingerprint density at radius 3 is 2.75 bits per heavy atom. The van der Waals surface area contributed by atoms with Gasteiger partial charge in [0.1, 0.15) is 0 Å². The van der Waals surface area contributed by atoms with Gasteiger partial charge in [0.15, 0.2) is 0 Å². The minimum atomic E-state index is -3.67. The molecule has 20 heavy (non-hydrogen) atoms. The highest BCUT2D eigenvalue weighted by Crippen LogP contribution is 2.20. The molecule has 0 aliphatic carbocycles. The molecule has 1 aliphatic heterocycles. The summed E-state index contributed by atoms with van der Waals surface area (Å²) < 4.78 is 31.7. The predicted octanol–water partition coefficient (Wildman–Crippen LogP) is 0.201. The Bertz CT molecular complexity index is 566. The normalized spacial score (nSPS) is 17.1. The van der Waals surface area contributed by atoms with Gasteiger partial charge in [0.05, 0.1) is 0 Å². The highest BCUT2D eigenvalue weighted by atomic mass is 32.2. The van der Waals surface area contributed by atoms with Crippen LogP contribution in [0.1, 0.15) is 19.8 Å². The van der Waals surface area contributed by atoms with Crippen molar-refractivity contribution >= 4 is 32.4 Å². The van der Waals surface area contributed by atoms with Crippen molar-refractivity contribution in [2.24, 2.45) is 5.92 Å². The van der Waals surface area contributed by atoms with Crippen LogP contribution in [0.15, 0.2) is 4.34 Å². The first-order chi connectivity index (χ1) is 9.47. The SMILES string of the molecule is CC(=O)Nc1nnc(S(=O)(=O)NCC2CCOCC2)s1. The Hall–Kier alpha value is -1.10.